The van der Waals surface area contributed by atoms with Gasteiger partial charge in [-0.25, -0.2) is 0 Å². The molecule has 47 heavy (non-hydrogen) atoms. The number of phenolic OH excluding ortho intramolecular Hbond substituents is 1. The number of phenols is 1. The van der Waals surface area contributed by atoms with E-state index in [0.717, 1.165) is 24.2 Å². The highest BCUT2D eigenvalue weighted by molar-refractivity contribution is 6.23. The van der Waals surface area contributed by atoms with E-state index in [4.69, 9.17) is 15.2 Å². The van der Waals surface area contributed by atoms with Crippen molar-refractivity contribution in [3.63, 3.8) is 0 Å². The minimum absolute atomic E-state index is 0.0479. The van der Waals surface area contributed by atoms with Gasteiger partial charge in [0.2, 0.25) is 17.7 Å². The highest BCUT2D eigenvalue weighted by Crippen LogP contribution is 2.74. The van der Waals surface area contributed by atoms with Crippen LogP contribution in [0.25, 0.3) is 11.3 Å². The molecule has 3 aliphatic heterocycles. The number of nitrogens with zero attached hydrogens (tertiary/aromatic N) is 4. The number of imide groups is 2. The van der Waals surface area contributed by atoms with Gasteiger partial charge in [-0.2, -0.15) is 0 Å². The number of benzene rings is 2. The number of para-hydroxylation sites is 1. The standard InChI is InChI=1S/C33H30N6O8/c34-27-25(10-22(36-37-27)20-3-1-2-4-24(20)40)46-16-32-13-33(14-32,15-32)31(45)38-11-18(12-38)47-17-5-6-19-21(9-17)30(44)39(29(19)43)23-7-8-26(41)35-28(23)42/h1-6,9-10,18,23,40H,7-8,11-16H2,(H2,34,37)(H,35,41,42). The minimum Gasteiger partial charge on any atom is -0.507 e. The molecule has 3 aliphatic carbocycles. The van der Waals surface area contributed by atoms with E-state index in [1.165, 1.54) is 12.1 Å². The predicted octanol–water partition coefficient (Wildman–Crippen LogP) is 1.67. The summed E-state index contributed by atoms with van der Waals surface area (Å²) in [6.45, 7) is 1.21. The van der Waals surface area contributed by atoms with Crippen molar-refractivity contribution in [2.24, 2.45) is 10.8 Å². The molecule has 1 unspecified atom stereocenters. The van der Waals surface area contributed by atoms with Crippen LogP contribution >= 0.6 is 0 Å². The number of aromatic nitrogens is 2. The average Bonchev–Trinajstić information content (AvgIpc) is 3.23. The number of nitrogen functional groups attached to an aromatic ring is 1. The topological polar surface area (TPSA) is 194 Å². The Bertz CT molecular complexity index is 1890. The van der Waals surface area contributed by atoms with Gasteiger partial charge < -0.3 is 25.2 Å². The van der Waals surface area contributed by atoms with Crippen LogP contribution in [-0.4, -0.2) is 86.5 Å². The number of fused-ring (bicyclic) bond motifs is 1. The molecular formula is C33H30N6O8. The van der Waals surface area contributed by atoms with Gasteiger partial charge in [0.25, 0.3) is 11.8 Å². The molecule has 3 aromatic rings. The highest BCUT2D eigenvalue weighted by atomic mass is 16.5. The third-order valence-electron chi connectivity index (χ3n) is 9.94. The van der Waals surface area contributed by atoms with Gasteiger partial charge >= 0.3 is 0 Å². The van der Waals surface area contributed by atoms with Gasteiger partial charge in [0, 0.05) is 23.5 Å². The predicted molar refractivity (Wildman–Crippen MR) is 162 cm³/mol. The number of amides is 5. The van der Waals surface area contributed by atoms with Crippen LogP contribution in [0.3, 0.4) is 0 Å². The number of hydrogen-bond donors (Lipinski definition) is 3. The fourth-order valence-corrected chi connectivity index (χ4v) is 7.66. The largest absolute Gasteiger partial charge is 0.507 e. The maximum absolute atomic E-state index is 13.4. The fraction of sp³-hybridized carbons (Fsp3) is 0.364. The van der Waals surface area contributed by atoms with E-state index in [2.05, 4.69) is 15.5 Å². The van der Waals surface area contributed by atoms with Crippen molar-refractivity contribution in [2.45, 2.75) is 44.2 Å². The summed E-state index contributed by atoms with van der Waals surface area (Å²) >= 11 is 0. The maximum atomic E-state index is 13.4. The molecule has 14 heteroatoms. The summed E-state index contributed by atoms with van der Waals surface area (Å²) in [5, 5.41) is 20.4. The first-order chi connectivity index (χ1) is 22.5. The second-order valence-electron chi connectivity index (χ2n) is 13.2. The second-order valence-corrected chi connectivity index (χ2v) is 13.2. The summed E-state index contributed by atoms with van der Waals surface area (Å²) in [4.78, 5) is 65.9. The molecule has 2 bridgehead atoms. The molecule has 5 amide bonds. The van der Waals surface area contributed by atoms with Gasteiger partial charge in [0.1, 0.15) is 29.3 Å². The number of rotatable bonds is 8. The fourth-order valence-electron chi connectivity index (χ4n) is 7.66. The van der Waals surface area contributed by atoms with Crippen molar-refractivity contribution in [2.75, 3.05) is 25.4 Å². The number of ether oxygens (including phenoxy) is 2. The molecular weight excluding hydrogens is 608 g/mol. The first-order valence-electron chi connectivity index (χ1n) is 15.4. The molecule has 14 nitrogen and oxygen atoms in total. The van der Waals surface area contributed by atoms with Crippen molar-refractivity contribution < 1.29 is 38.6 Å². The number of nitrogens with two attached hydrogens (primary N) is 1. The molecule has 1 atom stereocenters. The van der Waals surface area contributed by atoms with Crippen molar-refractivity contribution in [3.8, 4) is 28.5 Å². The van der Waals surface area contributed by atoms with Crippen molar-refractivity contribution in [3.05, 3.63) is 59.7 Å². The third-order valence-corrected chi connectivity index (χ3v) is 9.94. The van der Waals surface area contributed by atoms with E-state index in [1.807, 2.05) is 0 Å². The number of piperidine rings is 1. The quantitative estimate of drug-likeness (QED) is 0.304. The monoisotopic (exact) mass is 638 g/mol. The van der Waals surface area contributed by atoms with Crippen LogP contribution in [0.4, 0.5) is 5.82 Å². The van der Waals surface area contributed by atoms with Gasteiger partial charge in [0.15, 0.2) is 11.6 Å². The molecule has 0 radical (unpaired) electrons. The molecule has 2 aromatic carbocycles. The minimum atomic E-state index is -1.04. The average molecular weight is 639 g/mol. The molecule has 2 saturated heterocycles. The highest BCUT2D eigenvalue weighted by Gasteiger charge is 2.72. The van der Waals surface area contributed by atoms with Crippen LogP contribution in [0.15, 0.2) is 48.5 Å². The van der Waals surface area contributed by atoms with Gasteiger partial charge in [-0.15, -0.1) is 10.2 Å². The van der Waals surface area contributed by atoms with Crippen molar-refractivity contribution >= 4 is 35.4 Å². The van der Waals surface area contributed by atoms with Gasteiger partial charge in [-0.1, -0.05) is 12.1 Å². The lowest BCUT2D eigenvalue weighted by Gasteiger charge is -2.70. The first-order valence-corrected chi connectivity index (χ1v) is 15.4. The smallest absolute Gasteiger partial charge is 0.262 e. The van der Waals surface area contributed by atoms with Crippen LogP contribution < -0.4 is 20.5 Å². The Morgan fingerprint density at radius 3 is 2.47 bits per heavy atom. The Morgan fingerprint density at radius 1 is 0.979 bits per heavy atom. The lowest BCUT2D eigenvalue weighted by atomic mass is 9.35. The van der Waals surface area contributed by atoms with Crippen LogP contribution in [0.1, 0.15) is 52.8 Å². The summed E-state index contributed by atoms with van der Waals surface area (Å²) in [6.07, 6.45) is 2.02. The number of nitrogens with one attached hydrogen (secondary N) is 1. The molecule has 4 N–H and O–H groups in total. The van der Waals surface area contributed by atoms with E-state index >= 15 is 0 Å². The normalized spacial score (nSPS) is 26.2. The Hall–Kier alpha value is -5.53. The number of aromatic hydroxyl groups is 1. The number of anilines is 1. The zero-order chi connectivity index (χ0) is 32.7. The molecule has 4 heterocycles. The first kappa shape index (κ1) is 28.9. The third kappa shape index (κ3) is 4.57. The van der Waals surface area contributed by atoms with Crippen molar-refractivity contribution in [1.29, 1.82) is 0 Å². The lowest BCUT2D eigenvalue weighted by Crippen LogP contribution is -2.72. The summed E-state index contributed by atoms with van der Waals surface area (Å²) in [5.41, 5.74) is 6.80. The van der Waals surface area contributed by atoms with E-state index < -0.39 is 35.1 Å². The summed E-state index contributed by atoms with van der Waals surface area (Å²) in [5.74, 6) is -1.17. The number of carbonyl (C=O) groups excluding carboxylic acids is 5. The van der Waals surface area contributed by atoms with Crippen LogP contribution in [-0.2, 0) is 14.4 Å². The van der Waals surface area contributed by atoms with Crippen LogP contribution in [0, 0.1) is 10.8 Å². The van der Waals surface area contributed by atoms with Crippen LogP contribution in [0.2, 0.25) is 0 Å². The Balaban J connectivity index is 0.836. The summed E-state index contributed by atoms with van der Waals surface area (Å²) in [7, 11) is 0. The Kier molecular flexibility index (Phi) is 6.30. The van der Waals surface area contributed by atoms with E-state index in [0.29, 0.717) is 42.5 Å². The zero-order valence-electron chi connectivity index (χ0n) is 25.1. The molecule has 1 aromatic heterocycles. The molecule has 5 fully saturated rings. The summed E-state index contributed by atoms with van der Waals surface area (Å²) < 4.78 is 12.1. The molecule has 240 valence electrons. The molecule has 9 rings (SSSR count). The van der Waals surface area contributed by atoms with E-state index in [9.17, 15) is 29.1 Å². The lowest BCUT2D eigenvalue weighted by molar-refractivity contribution is -0.230. The Morgan fingerprint density at radius 2 is 1.72 bits per heavy atom. The zero-order valence-corrected chi connectivity index (χ0v) is 25.1. The molecule has 3 saturated carbocycles. The maximum Gasteiger partial charge on any atom is 0.262 e. The second kappa shape index (κ2) is 10.2. The summed E-state index contributed by atoms with van der Waals surface area (Å²) in [6, 6.07) is 12.0. The van der Waals surface area contributed by atoms with Gasteiger partial charge in [-0.05, 0) is 56.0 Å². The number of hydrogen-bond acceptors (Lipinski definition) is 11. The SMILES string of the molecule is Nc1nnc(-c2ccccc2O)cc1OCC12CC(C(=O)N3CC(Oc4ccc5c(c4)C(=O)N(C4CCC(=O)NC4=O)C5=O)C3)(C1)C2. The van der Waals surface area contributed by atoms with E-state index in [-0.39, 0.29) is 53.0 Å². The number of likely N-dealkylation sites (tertiary alicyclic amines) is 1. The van der Waals surface area contributed by atoms with Crippen LogP contribution in [0.5, 0.6) is 17.2 Å². The molecule has 6 aliphatic rings. The van der Waals surface area contributed by atoms with E-state index in [1.54, 1.807) is 41.3 Å². The van der Waals surface area contributed by atoms with Gasteiger partial charge in [-0.3, -0.25) is 34.2 Å². The number of carbonyl (C=O) groups is 5. The molecule has 0 spiro atoms. The Labute approximate surface area is 267 Å². The van der Waals surface area contributed by atoms with Gasteiger partial charge in [0.05, 0.1) is 36.2 Å². The van der Waals surface area contributed by atoms with Crippen molar-refractivity contribution in [1.82, 2.24) is 25.3 Å².